The minimum Gasteiger partial charge on any atom is -0.379 e. The smallest absolute Gasteiger partial charge is 0.271 e. The number of morpholine rings is 1. The molecule has 2 amide bonds. The summed E-state index contributed by atoms with van der Waals surface area (Å²) in [5, 5.41) is 14.5. The van der Waals surface area contributed by atoms with Crippen molar-refractivity contribution in [3.8, 4) is 23.0 Å². The lowest BCUT2D eigenvalue weighted by atomic mass is 9.93. The molecular weight excluding hydrogens is 542 g/mol. The summed E-state index contributed by atoms with van der Waals surface area (Å²) in [6, 6.07) is 17.8. The van der Waals surface area contributed by atoms with Crippen molar-refractivity contribution in [1.29, 1.82) is 5.26 Å². The molecule has 41 heavy (non-hydrogen) atoms. The summed E-state index contributed by atoms with van der Waals surface area (Å²) in [5.41, 5.74) is 2.97. The zero-order valence-electron chi connectivity index (χ0n) is 22.8. The van der Waals surface area contributed by atoms with Crippen molar-refractivity contribution in [2.24, 2.45) is 0 Å². The van der Waals surface area contributed by atoms with Crippen LogP contribution in [-0.2, 0) is 24.3 Å². The van der Waals surface area contributed by atoms with Crippen LogP contribution in [0.1, 0.15) is 25.8 Å². The first-order valence-electron chi connectivity index (χ1n) is 13.3. The van der Waals surface area contributed by atoms with E-state index in [0.717, 1.165) is 10.6 Å². The van der Waals surface area contributed by atoms with Crippen molar-refractivity contribution in [3.63, 3.8) is 0 Å². The molecule has 1 fully saturated rings. The lowest BCUT2D eigenvalue weighted by Crippen LogP contribution is -2.43. The van der Waals surface area contributed by atoms with Gasteiger partial charge >= 0.3 is 0 Å². The SMILES string of the molecule is CCCN1C(=O)C(C#N)=C(C)/C(=C\c2cn(-c3ccccc3)nc2-c2ccc(S(=O)(=O)N3CCOCC3)cc2)C1=O. The van der Waals surface area contributed by atoms with Gasteiger partial charge < -0.3 is 4.74 Å². The van der Waals surface area contributed by atoms with Gasteiger partial charge in [0.25, 0.3) is 11.8 Å². The fraction of sp³-hybridized carbons (Fsp3) is 0.267. The monoisotopic (exact) mass is 571 g/mol. The number of nitrogens with zero attached hydrogens (tertiary/aromatic N) is 5. The molecule has 0 bridgehead atoms. The summed E-state index contributed by atoms with van der Waals surface area (Å²) in [4.78, 5) is 27.5. The quantitative estimate of drug-likeness (QED) is 0.314. The average Bonchev–Trinajstić information content (AvgIpc) is 3.43. The molecular formula is C30H29N5O5S. The van der Waals surface area contributed by atoms with Crippen LogP contribution in [0.2, 0.25) is 0 Å². The number of rotatable bonds is 7. The third kappa shape index (κ3) is 5.37. The maximum atomic E-state index is 13.4. The fourth-order valence-corrected chi connectivity index (χ4v) is 6.27. The van der Waals surface area contributed by atoms with Gasteiger partial charge in [0.05, 0.1) is 29.5 Å². The summed E-state index contributed by atoms with van der Waals surface area (Å²) < 4.78 is 34.6. The predicted octanol–water partition coefficient (Wildman–Crippen LogP) is 3.56. The molecule has 3 heterocycles. The molecule has 0 saturated carbocycles. The molecule has 0 N–H and O–H groups in total. The van der Waals surface area contributed by atoms with E-state index in [4.69, 9.17) is 9.84 Å². The van der Waals surface area contributed by atoms with E-state index in [1.165, 1.54) is 4.31 Å². The van der Waals surface area contributed by atoms with Crippen molar-refractivity contribution < 1.29 is 22.7 Å². The summed E-state index contributed by atoms with van der Waals surface area (Å²) in [5.74, 6) is -1.06. The van der Waals surface area contributed by atoms with Gasteiger partial charge in [0.1, 0.15) is 11.6 Å². The van der Waals surface area contributed by atoms with E-state index >= 15 is 0 Å². The molecule has 1 aromatic heterocycles. The average molecular weight is 572 g/mol. The van der Waals surface area contributed by atoms with Crippen LogP contribution in [0.15, 0.2) is 82.4 Å². The highest BCUT2D eigenvalue weighted by Crippen LogP contribution is 2.32. The van der Waals surface area contributed by atoms with Gasteiger partial charge in [-0.3, -0.25) is 14.5 Å². The zero-order chi connectivity index (χ0) is 29.1. The number of hydrogen-bond acceptors (Lipinski definition) is 7. The van der Waals surface area contributed by atoms with Gasteiger partial charge in [-0.2, -0.15) is 14.7 Å². The van der Waals surface area contributed by atoms with Crippen LogP contribution >= 0.6 is 0 Å². The number of carbonyl (C=O) groups excluding carboxylic acids is 2. The maximum Gasteiger partial charge on any atom is 0.271 e. The number of benzene rings is 2. The number of para-hydroxylation sites is 1. The van der Waals surface area contributed by atoms with Crippen molar-refractivity contribution >= 4 is 27.9 Å². The molecule has 0 unspecified atom stereocenters. The van der Waals surface area contributed by atoms with Crippen molar-refractivity contribution in [1.82, 2.24) is 19.0 Å². The first-order valence-corrected chi connectivity index (χ1v) is 14.7. The molecule has 2 aliphatic heterocycles. The molecule has 5 rings (SSSR count). The van der Waals surface area contributed by atoms with E-state index < -0.39 is 21.8 Å². The fourth-order valence-electron chi connectivity index (χ4n) is 4.86. The van der Waals surface area contributed by atoms with E-state index in [-0.39, 0.29) is 22.6 Å². The van der Waals surface area contributed by atoms with Gasteiger partial charge in [0.2, 0.25) is 10.0 Å². The first-order chi connectivity index (χ1) is 19.8. The van der Waals surface area contributed by atoms with E-state index in [2.05, 4.69) is 0 Å². The zero-order valence-corrected chi connectivity index (χ0v) is 23.6. The van der Waals surface area contributed by atoms with Crippen LogP contribution < -0.4 is 0 Å². The summed E-state index contributed by atoms with van der Waals surface area (Å²) in [6.45, 7) is 4.95. The highest BCUT2D eigenvalue weighted by molar-refractivity contribution is 7.89. The Hall–Kier alpha value is -4.37. The largest absolute Gasteiger partial charge is 0.379 e. The van der Waals surface area contributed by atoms with Gasteiger partial charge in [-0.1, -0.05) is 37.3 Å². The number of ether oxygens (including phenoxy) is 1. The second-order valence-electron chi connectivity index (χ2n) is 9.69. The Kier molecular flexibility index (Phi) is 7.99. The normalized spacial score (nSPS) is 17.8. The number of hydrogen-bond donors (Lipinski definition) is 0. The Bertz CT molecular complexity index is 1690. The number of nitriles is 1. The highest BCUT2D eigenvalue weighted by atomic mass is 32.2. The predicted molar refractivity (Wildman–Crippen MR) is 152 cm³/mol. The number of carbonyl (C=O) groups is 2. The Balaban J connectivity index is 1.61. The van der Waals surface area contributed by atoms with Crippen molar-refractivity contribution in [2.45, 2.75) is 25.2 Å². The van der Waals surface area contributed by atoms with Gasteiger partial charge in [0, 0.05) is 42.5 Å². The molecule has 210 valence electrons. The second-order valence-corrected chi connectivity index (χ2v) is 11.6. The van der Waals surface area contributed by atoms with E-state index in [1.54, 1.807) is 48.1 Å². The van der Waals surface area contributed by atoms with E-state index in [0.29, 0.717) is 55.1 Å². The van der Waals surface area contributed by atoms with Crippen molar-refractivity contribution in [3.05, 3.63) is 83.1 Å². The molecule has 1 saturated heterocycles. The van der Waals surface area contributed by atoms with Crippen LogP contribution in [-0.4, -0.2) is 72.1 Å². The summed E-state index contributed by atoms with van der Waals surface area (Å²) >= 11 is 0. The summed E-state index contributed by atoms with van der Waals surface area (Å²) in [6.07, 6.45) is 3.97. The van der Waals surface area contributed by atoms with Crippen LogP contribution in [0.5, 0.6) is 0 Å². The third-order valence-electron chi connectivity index (χ3n) is 7.07. The van der Waals surface area contributed by atoms with Crippen LogP contribution in [0.25, 0.3) is 23.0 Å². The third-order valence-corrected chi connectivity index (χ3v) is 8.98. The molecule has 0 atom stereocenters. The van der Waals surface area contributed by atoms with Gasteiger partial charge in [-0.25, -0.2) is 13.1 Å². The van der Waals surface area contributed by atoms with Gasteiger partial charge in [-0.05, 0) is 49.3 Å². The standard InChI is InChI=1S/C30H29N5O5S/c1-3-13-34-29(36)26(21(2)27(19-31)30(34)37)18-23-20-35(24-7-5-4-6-8-24)32-28(23)22-9-11-25(12-10-22)41(38,39)33-14-16-40-17-15-33/h4-12,18,20H,3,13-17H2,1-2H3/b26-18+. The Morgan fingerprint density at radius 2 is 1.71 bits per heavy atom. The lowest BCUT2D eigenvalue weighted by molar-refractivity contribution is -0.140. The maximum absolute atomic E-state index is 13.4. The minimum absolute atomic E-state index is 0.0704. The Morgan fingerprint density at radius 1 is 1.02 bits per heavy atom. The Labute approximate surface area is 238 Å². The Morgan fingerprint density at radius 3 is 2.34 bits per heavy atom. The van der Waals surface area contributed by atoms with Gasteiger partial charge in [0.15, 0.2) is 0 Å². The molecule has 0 radical (unpaired) electrons. The molecule has 3 aromatic rings. The second kappa shape index (κ2) is 11.6. The molecule has 0 aliphatic carbocycles. The van der Waals surface area contributed by atoms with Crippen LogP contribution in [0.3, 0.4) is 0 Å². The molecule has 10 nitrogen and oxygen atoms in total. The molecule has 11 heteroatoms. The summed E-state index contributed by atoms with van der Waals surface area (Å²) in [7, 11) is -3.68. The molecule has 2 aliphatic rings. The number of aromatic nitrogens is 2. The van der Waals surface area contributed by atoms with Crippen LogP contribution in [0.4, 0.5) is 0 Å². The number of amides is 2. The topological polar surface area (TPSA) is 126 Å². The van der Waals surface area contributed by atoms with E-state index in [9.17, 15) is 23.3 Å². The number of sulfonamides is 1. The number of imide groups is 1. The van der Waals surface area contributed by atoms with Crippen molar-refractivity contribution in [2.75, 3.05) is 32.8 Å². The minimum atomic E-state index is -3.68. The first kappa shape index (κ1) is 28.2. The van der Waals surface area contributed by atoms with E-state index in [1.807, 2.05) is 43.3 Å². The lowest BCUT2D eigenvalue weighted by Gasteiger charge is -2.27. The van der Waals surface area contributed by atoms with Crippen LogP contribution in [0, 0.1) is 11.3 Å². The molecule has 0 spiro atoms. The van der Waals surface area contributed by atoms with Gasteiger partial charge in [-0.15, -0.1) is 0 Å². The highest BCUT2D eigenvalue weighted by Gasteiger charge is 2.35. The molecule has 2 aromatic carbocycles.